The van der Waals surface area contributed by atoms with Gasteiger partial charge in [-0.2, -0.15) is 5.26 Å². The molecule has 1 aliphatic rings. The van der Waals surface area contributed by atoms with Crippen molar-refractivity contribution in [2.75, 3.05) is 0 Å². The summed E-state index contributed by atoms with van der Waals surface area (Å²) in [5.41, 5.74) is 2.22. The first-order valence-electron chi connectivity index (χ1n) is 7.45. The van der Waals surface area contributed by atoms with Crippen LogP contribution in [0.4, 0.5) is 0 Å². The van der Waals surface area contributed by atoms with Crippen molar-refractivity contribution in [3.63, 3.8) is 0 Å². The fraction of sp³-hybridized carbons (Fsp3) is 0.471. The van der Waals surface area contributed by atoms with Crippen molar-refractivity contribution in [2.24, 2.45) is 5.92 Å². The number of fused-ring (bicyclic) bond motifs is 1. The maximum Gasteiger partial charge on any atom is 0.134 e. The third-order valence-corrected chi connectivity index (χ3v) is 4.33. The summed E-state index contributed by atoms with van der Waals surface area (Å²) in [5, 5.41) is 13.9. The zero-order valence-corrected chi connectivity index (χ0v) is 11.9. The third kappa shape index (κ3) is 2.32. The Hall–Kier alpha value is -1.79. The first-order chi connectivity index (χ1) is 9.83. The average molecular weight is 268 g/mol. The van der Waals surface area contributed by atoms with Crippen LogP contribution in [-0.2, 0) is 13.0 Å². The van der Waals surface area contributed by atoms with Gasteiger partial charge in [-0.25, -0.2) is 0 Å². The molecule has 0 saturated heterocycles. The Morgan fingerprint density at radius 3 is 3.00 bits per heavy atom. The molecule has 1 aromatic carbocycles. The highest BCUT2D eigenvalue weighted by Gasteiger charge is 2.27. The SMILES string of the molecule is CCc1oc2ccccc2c1CNC1CCCC1C#N. The third-order valence-electron chi connectivity index (χ3n) is 4.33. The topological polar surface area (TPSA) is 49.0 Å². The van der Waals surface area contributed by atoms with Crippen molar-refractivity contribution in [3.8, 4) is 6.07 Å². The summed E-state index contributed by atoms with van der Waals surface area (Å²) in [6.45, 7) is 2.91. The van der Waals surface area contributed by atoms with Crippen LogP contribution in [0.3, 0.4) is 0 Å². The molecule has 1 aliphatic carbocycles. The monoisotopic (exact) mass is 268 g/mol. The van der Waals surface area contributed by atoms with E-state index in [0.717, 1.165) is 43.6 Å². The molecule has 3 nitrogen and oxygen atoms in total. The summed E-state index contributed by atoms with van der Waals surface area (Å²) in [6, 6.07) is 10.9. The highest BCUT2D eigenvalue weighted by atomic mass is 16.3. The first kappa shape index (κ1) is 13.2. The lowest BCUT2D eigenvalue weighted by Crippen LogP contribution is -2.31. The van der Waals surface area contributed by atoms with Crippen LogP contribution in [-0.4, -0.2) is 6.04 Å². The Balaban J connectivity index is 1.82. The second-order valence-corrected chi connectivity index (χ2v) is 5.51. The van der Waals surface area contributed by atoms with Crippen LogP contribution in [0.2, 0.25) is 0 Å². The van der Waals surface area contributed by atoms with Gasteiger partial charge in [0.2, 0.25) is 0 Å². The minimum Gasteiger partial charge on any atom is -0.461 e. The van der Waals surface area contributed by atoms with Crippen LogP contribution >= 0.6 is 0 Å². The first-order valence-corrected chi connectivity index (χ1v) is 7.45. The van der Waals surface area contributed by atoms with Gasteiger partial charge in [-0.15, -0.1) is 0 Å². The zero-order valence-electron chi connectivity index (χ0n) is 11.9. The molecule has 20 heavy (non-hydrogen) atoms. The Labute approximate surface area is 119 Å². The van der Waals surface area contributed by atoms with Gasteiger partial charge in [0.15, 0.2) is 0 Å². The molecule has 2 atom stereocenters. The van der Waals surface area contributed by atoms with Gasteiger partial charge in [0.1, 0.15) is 11.3 Å². The van der Waals surface area contributed by atoms with Gasteiger partial charge in [-0.3, -0.25) is 0 Å². The van der Waals surface area contributed by atoms with Gasteiger partial charge in [0.25, 0.3) is 0 Å². The van der Waals surface area contributed by atoms with Crippen molar-refractivity contribution >= 4 is 11.0 Å². The molecule has 0 radical (unpaired) electrons. The van der Waals surface area contributed by atoms with Gasteiger partial charge in [-0.1, -0.05) is 31.5 Å². The molecule has 1 N–H and O–H groups in total. The highest BCUT2D eigenvalue weighted by molar-refractivity contribution is 5.82. The molecule has 104 valence electrons. The second kappa shape index (κ2) is 5.68. The molecule has 0 spiro atoms. The maximum absolute atomic E-state index is 9.16. The lowest BCUT2D eigenvalue weighted by atomic mass is 10.0. The highest BCUT2D eigenvalue weighted by Crippen LogP contribution is 2.28. The number of nitrogens with zero attached hydrogens (tertiary/aromatic N) is 1. The van der Waals surface area contributed by atoms with Gasteiger partial charge in [0, 0.05) is 30.0 Å². The lowest BCUT2D eigenvalue weighted by Gasteiger charge is -2.15. The summed E-state index contributed by atoms with van der Waals surface area (Å²) in [6.07, 6.45) is 4.19. The Morgan fingerprint density at radius 1 is 1.35 bits per heavy atom. The summed E-state index contributed by atoms with van der Waals surface area (Å²) in [7, 11) is 0. The standard InChI is InChI=1S/C17H20N2O/c1-2-16-14(13-7-3-4-9-17(13)20-16)11-19-15-8-5-6-12(15)10-18/h3-4,7,9,12,15,19H,2,5-6,8,11H2,1H3. The number of benzene rings is 1. The summed E-state index contributed by atoms with van der Waals surface area (Å²) < 4.78 is 5.91. The average Bonchev–Trinajstić information content (AvgIpc) is 3.08. The van der Waals surface area contributed by atoms with E-state index in [2.05, 4.69) is 30.4 Å². The van der Waals surface area contributed by atoms with Gasteiger partial charge in [0.05, 0.1) is 12.0 Å². The Morgan fingerprint density at radius 2 is 2.20 bits per heavy atom. The molecular formula is C17H20N2O. The predicted octanol–water partition coefficient (Wildman–Crippen LogP) is 3.78. The van der Waals surface area contributed by atoms with Crippen molar-refractivity contribution < 1.29 is 4.42 Å². The maximum atomic E-state index is 9.16. The van der Waals surface area contributed by atoms with Crippen molar-refractivity contribution in [1.29, 1.82) is 5.26 Å². The van der Waals surface area contributed by atoms with E-state index in [9.17, 15) is 0 Å². The summed E-state index contributed by atoms with van der Waals surface area (Å²) in [4.78, 5) is 0. The molecule has 2 unspecified atom stereocenters. The van der Waals surface area contributed by atoms with Crippen LogP contribution in [0.5, 0.6) is 0 Å². The summed E-state index contributed by atoms with van der Waals surface area (Å²) in [5.74, 6) is 1.23. The number of nitrogens with one attached hydrogen (secondary N) is 1. The van der Waals surface area contributed by atoms with Crippen molar-refractivity contribution in [1.82, 2.24) is 5.32 Å². The predicted molar refractivity (Wildman–Crippen MR) is 79.2 cm³/mol. The fourth-order valence-electron chi connectivity index (χ4n) is 3.22. The van der Waals surface area contributed by atoms with Crippen molar-refractivity contribution in [2.45, 2.75) is 45.2 Å². The minimum absolute atomic E-state index is 0.165. The van der Waals surface area contributed by atoms with E-state index in [1.54, 1.807) is 0 Å². The van der Waals surface area contributed by atoms with E-state index in [-0.39, 0.29) is 5.92 Å². The van der Waals surface area contributed by atoms with Gasteiger partial charge < -0.3 is 9.73 Å². The molecular weight excluding hydrogens is 248 g/mol. The molecule has 0 bridgehead atoms. The molecule has 3 heteroatoms. The number of hydrogen-bond donors (Lipinski definition) is 1. The largest absolute Gasteiger partial charge is 0.461 e. The summed E-state index contributed by atoms with van der Waals surface area (Å²) >= 11 is 0. The van der Waals surface area contributed by atoms with Crippen LogP contribution in [0, 0.1) is 17.2 Å². The number of nitriles is 1. The quantitative estimate of drug-likeness (QED) is 0.918. The van der Waals surface area contributed by atoms with Crippen LogP contribution < -0.4 is 5.32 Å². The zero-order chi connectivity index (χ0) is 13.9. The lowest BCUT2D eigenvalue weighted by molar-refractivity contribution is 0.459. The van der Waals surface area contributed by atoms with Crippen LogP contribution in [0.1, 0.15) is 37.5 Å². The molecule has 1 aromatic heterocycles. The second-order valence-electron chi connectivity index (χ2n) is 5.51. The molecule has 0 amide bonds. The molecule has 0 aliphatic heterocycles. The minimum atomic E-state index is 0.165. The smallest absolute Gasteiger partial charge is 0.134 e. The number of rotatable bonds is 4. The van der Waals surface area contributed by atoms with E-state index in [1.165, 1.54) is 10.9 Å². The van der Waals surface area contributed by atoms with E-state index in [0.29, 0.717) is 6.04 Å². The number of furan rings is 1. The molecule has 1 fully saturated rings. The van der Waals surface area contributed by atoms with Crippen molar-refractivity contribution in [3.05, 3.63) is 35.6 Å². The van der Waals surface area contributed by atoms with E-state index in [1.807, 2.05) is 12.1 Å². The Bertz CT molecular complexity index is 638. The molecule has 2 aromatic rings. The number of aryl methyl sites for hydroxylation is 1. The van der Waals surface area contributed by atoms with Crippen LogP contribution in [0.15, 0.2) is 28.7 Å². The molecule has 1 heterocycles. The van der Waals surface area contributed by atoms with Gasteiger partial charge in [-0.05, 0) is 18.9 Å². The molecule has 1 saturated carbocycles. The Kier molecular flexibility index (Phi) is 3.75. The normalized spacial score (nSPS) is 22.2. The fourth-order valence-corrected chi connectivity index (χ4v) is 3.22. The van der Waals surface area contributed by atoms with E-state index >= 15 is 0 Å². The van der Waals surface area contributed by atoms with Crippen LogP contribution in [0.25, 0.3) is 11.0 Å². The number of hydrogen-bond acceptors (Lipinski definition) is 3. The van der Waals surface area contributed by atoms with Gasteiger partial charge >= 0.3 is 0 Å². The van der Waals surface area contributed by atoms with E-state index < -0.39 is 0 Å². The van der Waals surface area contributed by atoms with E-state index in [4.69, 9.17) is 9.68 Å². The molecule has 3 rings (SSSR count). The number of para-hydroxylation sites is 1.